The fourth-order valence-electron chi connectivity index (χ4n) is 1.39. The van der Waals surface area contributed by atoms with Crippen molar-refractivity contribution < 1.29 is 17.8 Å². The van der Waals surface area contributed by atoms with Crippen LogP contribution in [0.25, 0.3) is 0 Å². The van der Waals surface area contributed by atoms with Crippen LogP contribution < -0.4 is 4.72 Å². The van der Waals surface area contributed by atoms with E-state index in [1.54, 1.807) is 6.92 Å². The summed E-state index contributed by atoms with van der Waals surface area (Å²) in [7, 11) is -2.15. The summed E-state index contributed by atoms with van der Waals surface area (Å²) in [6.45, 7) is 13.0. The smallest absolute Gasteiger partial charge is 0.311 e. The molecule has 0 saturated heterocycles. The van der Waals surface area contributed by atoms with Gasteiger partial charge in [-0.25, -0.2) is 8.93 Å². The third kappa shape index (κ3) is 3.88. The first-order chi connectivity index (χ1) is 8.25. The first-order valence-electron chi connectivity index (χ1n) is 6.16. The zero-order valence-electron chi connectivity index (χ0n) is 13.5. The van der Waals surface area contributed by atoms with Gasteiger partial charge in [0.05, 0.1) is 15.7 Å². The van der Waals surface area contributed by atoms with Crippen molar-refractivity contribution in [1.29, 1.82) is 0 Å². The third-order valence-corrected chi connectivity index (χ3v) is 8.03. The maximum absolute atomic E-state index is 12.8. The molecule has 1 N–H and O–H groups in total. The largest absolute Gasteiger partial charge is 0.351 e. The Morgan fingerprint density at radius 1 is 0.947 bits per heavy atom. The molecule has 0 aromatic rings. The fraction of sp³-hybridized carbons (Fsp3) is 1.00. The minimum absolute atomic E-state index is 0.473. The van der Waals surface area contributed by atoms with Gasteiger partial charge < -0.3 is 9.05 Å². The van der Waals surface area contributed by atoms with Gasteiger partial charge in [0.15, 0.2) is 0 Å². The number of hydrogen-bond donors (Lipinski definition) is 1. The maximum Gasteiger partial charge on any atom is 0.351 e. The standard InChI is InChI=1S/C12H28NO4PS/c1-10(2,3)12(7,18(14,16-8)17-9)13-19(15)11(4,5)6/h13H,1-9H3/t12-,19?/m1/s1. The van der Waals surface area contributed by atoms with Crippen LogP contribution >= 0.6 is 7.60 Å². The average molecular weight is 313 g/mol. The molecule has 0 amide bonds. The highest BCUT2D eigenvalue weighted by Gasteiger charge is 2.55. The van der Waals surface area contributed by atoms with Crippen molar-refractivity contribution in [1.82, 2.24) is 4.72 Å². The highest BCUT2D eigenvalue weighted by Crippen LogP contribution is 2.63. The first kappa shape index (κ1) is 19.3. The van der Waals surface area contributed by atoms with Crippen molar-refractivity contribution in [2.24, 2.45) is 5.41 Å². The van der Waals surface area contributed by atoms with Crippen LogP contribution in [0.15, 0.2) is 0 Å². The Bertz CT molecular complexity index is 378. The van der Waals surface area contributed by atoms with Crippen LogP contribution in [0.2, 0.25) is 0 Å². The molecule has 0 aliphatic heterocycles. The number of hydrogen-bond acceptors (Lipinski definition) is 4. The topological polar surface area (TPSA) is 64.6 Å². The SMILES string of the molecule is COP(=O)(OC)[C@@](C)(NS(=O)C(C)(C)C)C(C)(C)C. The monoisotopic (exact) mass is 313 g/mol. The normalized spacial score (nSPS) is 19.0. The third-order valence-electron chi connectivity index (χ3n) is 3.34. The van der Waals surface area contributed by atoms with Gasteiger partial charge >= 0.3 is 7.60 Å². The average Bonchev–Trinajstić information content (AvgIpc) is 2.24. The molecular formula is C12H28NO4PS. The predicted molar refractivity (Wildman–Crippen MR) is 80.5 cm³/mol. The van der Waals surface area contributed by atoms with Crippen molar-refractivity contribution in [2.75, 3.05) is 14.2 Å². The van der Waals surface area contributed by atoms with Crippen molar-refractivity contribution >= 4 is 18.6 Å². The van der Waals surface area contributed by atoms with Gasteiger partial charge in [-0.05, 0) is 33.1 Å². The summed E-state index contributed by atoms with van der Waals surface area (Å²) in [6.07, 6.45) is 0. The van der Waals surface area contributed by atoms with Crippen molar-refractivity contribution in [2.45, 2.75) is 58.5 Å². The van der Waals surface area contributed by atoms with E-state index in [-0.39, 0.29) is 0 Å². The second-order valence-corrected chi connectivity index (χ2v) is 11.3. The zero-order valence-corrected chi connectivity index (χ0v) is 15.2. The Morgan fingerprint density at radius 2 is 1.32 bits per heavy atom. The van der Waals surface area contributed by atoms with Gasteiger partial charge in [0.25, 0.3) is 0 Å². The molecule has 0 bridgehead atoms. The summed E-state index contributed by atoms with van der Waals surface area (Å²) in [5, 5.41) is -1.07. The van der Waals surface area contributed by atoms with Crippen LogP contribution in [0.4, 0.5) is 0 Å². The van der Waals surface area contributed by atoms with E-state index in [9.17, 15) is 8.77 Å². The summed E-state index contributed by atoms with van der Waals surface area (Å²) in [4.78, 5) is 0. The van der Waals surface area contributed by atoms with E-state index in [1.165, 1.54) is 14.2 Å². The molecule has 0 aliphatic rings. The fourth-order valence-corrected chi connectivity index (χ4v) is 4.76. The molecule has 0 aromatic carbocycles. The van der Waals surface area contributed by atoms with Gasteiger partial charge in [-0.15, -0.1) is 0 Å². The molecule has 0 rings (SSSR count). The molecular weight excluding hydrogens is 285 g/mol. The summed E-state index contributed by atoms with van der Waals surface area (Å²) < 4.78 is 38.0. The van der Waals surface area contributed by atoms with Crippen LogP contribution in [0.5, 0.6) is 0 Å². The lowest BCUT2D eigenvalue weighted by Gasteiger charge is -2.45. The van der Waals surface area contributed by atoms with Gasteiger partial charge in [0.2, 0.25) is 0 Å². The van der Waals surface area contributed by atoms with Crippen molar-refractivity contribution in [3.63, 3.8) is 0 Å². The molecule has 0 heterocycles. The maximum atomic E-state index is 12.8. The lowest BCUT2D eigenvalue weighted by molar-refractivity contribution is 0.181. The van der Waals surface area contributed by atoms with Crippen LogP contribution in [-0.4, -0.2) is 28.5 Å². The van der Waals surface area contributed by atoms with E-state index < -0.39 is 34.0 Å². The number of rotatable bonds is 5. The summed E-state index contributed by atoms with van der Waals surface area (Å²) in [6, 6.07) is 0. The van der Waals surface area contributed by atoms with Gasteiger partial charge in [0.1, 0.15) is 5.28 Å². The van der Waals surface area contributed by atoms with Crippen LogP contribution in [0.1, 0.15) is 48.5 Å². The Kier molecular flexibility index (Phi) is 6.02. The van der Waals surface area contributed by atoms with Gasteiger partial charge in [0, 0.05) is 14.2 Å². The van der Waals surface area contributed by atoms with Crippen LogP contribution in [-0.2, 0) is 24.6 Å². The molecule has 0 saturated carbocycles. The molecule has 0 spiro atoms. The molecule has 1 unspecified atom stereocenters. The lowest BCUT2D eigenvalue weighted by atomic mass is 9.88. The molecule has 7 heteroatoms. The lowest BCUT2D eigenvalue weighted by Crippen LogP contribution is -2.55. The molecule has 5 nitrogen and oxygen atoms in total. The van der Waals surface area contributed by atoms with Gasteiger partial charge in [-0.2, -0.15) is 0 Å². The first-order valence-corrected chi connectivity index (χ1v) is 8.86. The minimum Gasteiger partial charge on any atom is -0.311 e. The molecule has 0 fully saturated rings. The molecule has 0 aromatic heterocycles. The molecule has 2 atom stereocenters. The van der Waals surface area contributed by atoms with Gasteiger partial charge in [-0.3, -0.25) is 4.57 Å². The van der Waals surface area contributed by atoms with Crippen molar-refractivity contribution in [3.8, 4) is 0 Å². The van der Waals surface area contributed by atoms with Crippen LogP contribution in [0.3, 0.4) is 0 Å². The van der Waals surface area contributed by atoms with E-state index in [4.69, 9.17) is 9.05 Å². The predicted octanol–water partition coefficient (Wildman–Crippen LogP) is 3.29. The zero-order chi connectivity index (χ0) is 15.7. The van der Waals surface area contributed by atoms with Crippen LogP contribution in [0, 0.1) is 5.41 Å². The highest BCUT2D eigenvalue weighted by molar-refractivity contribution is 7.84. The highest BCUT2D eigenvalue weighted by atomic mass is 32.2. The van der Waals surface area contributed by atoms with E-state index in [2.05, 4.69) is 4.72 Å². The second-order valence-electron chi connectivity index (χ2n) is 6.67. The van der Waals surface area contributed by atoms with E-state index in [0.29, 0.717) is 0 Å². The van der Waals surface area contributed by atoms with Crippen molar-refractivity contribution in [3.05, 3.63) is 0 Å². The van der Waals surface area contributed by atoms with Gasteiger partial charge in [-0.1, -0.05) is 20.8 Å². The van der Waals surface area contributed by atoms with E-state index in [0.717, 1.165) is 0 Å². The summed E-state index contributed by atoms with van der Waals surface area (Å²) in [5.41, 5.74) is -0.477. The quantitative estimate of drug-likeness (QED) is 0.791. The molecule has 116 valence electrons. The Labute approximate surface area is 120 Å². The molecule has 0 radical (unpaired) electrons. The summed E-state index contributed by atoms with van der Waals surface area (Å²) >= 11 is 0. The Hall–Kier alpha value is 0.260. The second kappa shape index (κ2) is 5.94. The molecule has 0 aliphatic carbocycles. The Morgan fingerprint density at radius 3 is 1.53 bits per heavy atom. The Balaban J connectivity index is 5.73. The summed E-state index contributed by atoms with van der Waals surface area (Å²) in [5.74, 6) is 0. The minimum atomic E-state index is -3.45. The van der Waals surface area contributed by atoms with E-state index >= 15 is 0 Å². The van der Waals surface area contributed by atoms with E-state index in [1.807, 2.05) is 41.5 Å². The molecule has 19 heavy (non-hydrogen) atoms. The number of nitrogens with one attached hydrogen (secondary N) is 1.